The summed E-state index contributed by atoms with van der Waals surface area (Å²) in [6, 6.07) is 12.4. The Hall–Kier alpha value is -2.51. The third-order valence-electron chi connectivity index (χ3n) is 5.18. The molecule has 1 aromatic carbocycles. The molecule has 0 unspecified atom stereocenters. The molecule has 0 saturated carbocycles. The standard InChI is InChI=1S/C23H29N5OS/c1-2-26-19-21(18-25-26)20-6-8-23(9-7-20)29-17-5-3-4-14-27-15-16-28(30-27)22-10-12-24-13-11-22/h6-13,18-19H,2-5,14-17H2,1H3. The van der Waals surface area contributed by atoms with E-state index in [-0.39, 0.29) is 0 Å². The van der Waals surface area contributed by atoms with Crippen LogP contribution in [0.4, 0.5) is 5.69 Å². The molecule has 0 aliphatic carbocycles. The van der Waals surface area contributed by atoms with E-state index in [0.29, 0.717) is 0 Å². The normalized spacial score (nSPS) is 14.4. The number of ether oxygens (including phenoxy) is 1. The van der Waals surface area contributed by atoms with Gasteiger partial charge in [-0.2, -0.15) is 5.10 Å². The molecule has 0 spiro atoms. The molecule has 1 saturated heterocycles. The molecule has 158 valence electrons. The average molecular weight is 424 g/mol. The van der Waals surface area contributed by atoms with Crippen molar-refractivity contribution < 1.29 is 4.74 Å². The lowest BCUT2D eigenvalue weighted by molar-refractivity contribution is 0.303. The van der Waals surface area contributed by atoms with Gasteiger partial charge in [-0.15, -0.1) is 0 Å². The summed E-state index contributed by atoms with van der Waals surface area (Å²) in [4.78, 5) is 4.09. The topological polar surface area (TPSA) is 46.4 Å². The number of hydrogen-bond acceptors (Lipinski definition) is 6. The van der Waals surface area contributed by atoms with Crippen LogP contribution in [0.1, 0.15) is 26.2 Å². The molecule has 1 aliphatic rings. The summed E-state index contributed by atoms with van der Waals surface area (Å²) in [5.74, 6) is 0.935. The van der Waals surface area contributed by atoms with Crippen LogP contribution in [-0.4, -0.2) is 45.3 Å². The van der Waals surface area contributed by atoms with Gasteiger partial charge in [-0.25, -0.2) is 4.31 Å². The predicted octanol–water partition coefficient (Wildman–Crippen LogP) is 4.90. The van der Waals surface area contributed by atoms with Crippen LogP contribution in [0, 0.1) is 0 Å². The van der Waals surface area contributed by atoms with Gasteiger partial charge in [0.1, 0.15) is 5.75 Å². The number of aryl methyl sites for hydroxylation is 1. The molecule has 0 N–H and O–H groups in total. The van der Waals surface area contributed by atoms with Crippen molar-refractivity contribution in [2.75, 3.05) is 30.5 Å². The fraction of sp³-hybridized carbons (Fsp3) is 0.391. The number of anilines is 1. The van der Waals surface area contributed by atoms with E-state index >= 15 is 0 Å². The van der Waals surface area contributed by atoms with Crippen LogP contribution in [0.2, 0.25) is 0 Å². The molecular weight excluding hydrogens is 394 g/mol. The minimum atomic E-state index is 0.767. The van der Waals surface area contributed by atoms with Gasteiger partial charge in [-0.1, -0.05) is 12.1 Å². The van der Waals surface area contributed by atoms with E-state index < -0.39 is 0 Å². The minimum Gasteiger partial charge on any atom is -0.494 e. The van der Waals surface area contributed by atoms with E-state index in [9.17, 15) is 0 Å². The van der Waals surface area contributed by atoms with Crippen LogP contribution in [0.15, 0.2) is 61.2 Å². The number of nitrogens with zero attached hydrogens (tertiary/aromatic N) is 5. The molecular formula is C23H29N5OS. The van der Waals surface area contributed by atoms with Crippen LogP contribution in [0.25, 0.3) is 11.1 Å². The van der Waals surface area contributed by atoms with Gasteiger partial charge in [0.25, 0.3) is 0 Å². The van der Waals surface area contributed by atoms with Crippen LogP contribution in [0.3, 0.4) is 0 Å². The third-order valence-corrected chi connectivity index (χ3v) is 6.37. The average Bonchev–Trinajstić information content (AvgIpc) is 3.47. The van der Waals surface area contributed by atoms with E-state index in [4.69, 9.17) is 4.74 Å². The van der Waals surface area contributed by atoms with Gasteiger partial charge in [0.15, 0.2) is 0 Å². The van der Waals surface area contributed by atoms with E-state index in [1.807, 2.05) is 47.5 Å². The van der Waals surface area contributed by atoms with E-state index in [1.54, 1.807) is 0 Å². The second kappa shape index (κ2) is 10.5. The molecule has 4 rings (SSSR count). The first kappa shape index (κ1) is 20.8. The number of pyridine rings is 1. The van der Waals surface area contributed by atoms with Crippen LogP contribution in [-0.2, 0) is 6.54 Å². The van der Waals surface area contributed by atoms with E-state index in [2.05, 4.69) is 56.1 Å². The Morgan fingerprint density at radius 2 is 1.80 bits per heavy atom. The van der Waals surface area contributed by atoms with Crippen molar-refractivity contribution in [2.45, 2.75) is 32.7 Å². The Bertz CT molecular complexity index is 899. The molecule has 0 bridgehead atoms. The van der Waals surface area contributed by atoms with Gasteiger partial charge < -0.3 is 9.04 Å². The number of hydrogen-bond donors (Lipinski definition) is 0. The number of benzene rings is 1. The quantitative estimate of drug-likeness (QED) is 0.341. The maximum absolute atomic E-state index is 5.92. The zero-order valence-corrected chi connectivity index (χ0v) is 18.3. The lowest BCUT2D eigenvalue weighted by atomic mass is 10.1. The first-order valence-corrected chi connectivity index (χ1v) is 11.4. The number of rotatable bonds is 10. The highest BCUT2D eigenvalue weighted by molar-refractivity contribution is 7.98. The molecule has 0 atom stereocenters. The zero-order chi connectivity index (χ0) is 20.6. The Balaban J connectivity index is 1.11. The molecule has 30 heavy (non-hydrogen) atoms. The summed E-state index contributed by atoms with van der Waals surface area (Å²) in [5.41, 5.74) is 3.55. The molecule has 0 amide bonds. The number of aromatic nitrogens is 3. The number of unbranched alkanes of at least 4 members (excludes halogenated alkanes) is 2. The van der Waals surface area contributed by atoms with Gasteiger partial charge in [0.05, 0.1) is 18.5 Å². The lowest BCUT2D eigenvalue weighted by Crippen LogP contribution is -2.14. The molecule has 2 aromatic heterocycles. The van der Waals surface area contributed by atoms with Crippen molar-refractivity contribution >= 4 is 17.8 Å². The largest absolute Gasteiger partial charge is 0.494 e. The molecule has 6 nitrogen and oxygen atoms in total. The second-order valence-electron chi connectivity index (χ2n) is 7.34. The summed E-state index contributed by atoms with van der Waals surface area (Å²) >= 11 is 1.83. The highest BCUT2D eigenvalue weighted by Crippen LogP contribution is 2.29. The fourth-order valence-corrected chi connectivity index (χ4v) is 4.48. The first-order chi connectivity index (χ1) is 14.8. The van der Waals surface area contributed by atoms with Gasteiger partial charge in [-0.05, 0) is 56.0 Å². The Kier molecular flexibility index (Phi) is 7.26. The maximum atomic E-state index is 5.92. The predicted molar refractivity (Wildman–Crippen MR) is 123 cm³/mol. The highest BCUT2D eigenvalue weighted by Gasteiger charge is 2.21. The second-order valence-corrected chi connectivity index (χ2v) is 8.46. The molecule has 0 radical (unpaired) electrons. The van der Waals surface area contributed by atoms with E-state index in [0.717, 1.165) is 50.5 Å². The molecule has 7 heteroatoms. The lowest BCUT2D eigenvalue weighted by Gasteiger charge is -2.17. The van der Waals surface area contributed by atoms with Crippen molar-refractivity contribution in [3.05, 3.63) is 61.2 Å². The summed E-state index contributed by atoms with van der Waals surface area (Å²) in [5, 5.41) is 4.33. The van der Waals surface area contributed by atoms with Crippen LogP contribution < -0.4 is 9.04 Å². The molecule has 1 aliphatic heterocycles. The van der Waals surface area contributed by atoms with Gasteiger partial charge in [0, 0.05) is 62.5 Å². The Morgan fingerprint density at radius 1 is 0.967 bits per heavy atom. The summed E-state index contributed by atoms with van der Waals surface area (Å²) < 4.78 is 12.6. The highest BCUT2D eigenvalue weighted by atomic mass is 32.2. The SMILES string of the molecule is CCn1cc(-c2ccc(OCCCCCN3CCN(c4ccncc4)S3)cc2)cn1. The fourth-order valence-electron chi connectivity index (χ4n) is 3.45. The first-order valence-electron chi connectivity index (χ1n) is 10.7. The van der Waals surface area contributed by atoms with Crippen molar-refractivity contribution in [1.29, 1.82) is 0 Å². The molecule has 3 aromatic rings. The van der Waals surface area contributed by atoms with Crippen LogP contribution >= 0.6 is 12.1 Å². The minimum absolute atomic E-state index is 0.767. The van der Waals surface area contributed by atoms with E-state index in [1.165, 1.54) is 24.1 Å². The molecule has 3 heterocycles. The summed E-state index contributed by atoms with van der Waals surface area (Å²) in [6.45, 7) is 7.03. The summed E-state index contributed by atoms with van der Waals surface area (Å²) in [7, 11) is 0. The zero-order valence-electron chi connectivity index (χ0n) is 17.5. The van der Waals surface area contributed by atoms with Crippen LogP contribution in [0.5, 0.6) is 5.75 Å². The van der Waals surface area contributed by atoms with Crippen molar-refractivity contribution in [1.82, 2.24) is 19.1 Å². The smallest absolute Gasteiger partial charge is 0.119 e. The van der Waals surface area contributed by atoms with Gasteiger partial charge >= 0.3 is 0 Å². The van der Waals surface area contributed by atoms with Crippen molar-refractivity contribution in [3.63, 3.8) is 0 Å². The maximum Gasteiger partial charge on any atom is 0.119 e. The summed E-state index contributed by atoms with van der Waals surface area (Å²) in [6.07, 6.45) is 11.1. The monoisotopic (exact) mass is 423 g/mol. The van der Waals surface area contributed by atoms with Crippen molar-refractivity contribution in [2.24, 2.45) is 0 Å². The third kappa shape index (κ3) is 5.55. The van der Waals surface area contributed by atoms with Crippen molar-refractivity contribution in [3.8, 4) is 16.9 Å². The molecule has 1 fully saturated rings. The van der Waals surface area contributed by atoms with Gasteiger partial charge in [-0.3, -0.25) is 9.67 Å². The van der Waals surface area contributed by atoms with Gasteiger partial charge in [0.2, 0.25) is 0 Å². The Labute approximate surface area is 183 Å². The Morgan fingerprint density at radius 3 is 2.57 bits per heavy atom.